The number of carbonyl (C=O) groups is 1. The molecule has 0 unspecified atom stereocenters. The van der Waals surface area contributed by atoms with Gasteiger partial charge in [-0.3, -0.25) is 10.1 Å². The van der Waals surface area contributed by atoms with Crippen molar-refractivity contribution >= 4 is 22.4 Å². The van der Waals surface area contributed by atoms with Crippen LogP contribution in [-0.4, -0.2) is 20.7 Å². The van der Waals surface area contributed by atoms with E-state index in [4.69, 9.17) is 0 Å². The van der Waals surface area contributed by atoms with Crippen molar-refractivity contribution in [2.45, 2.75) is 38.5 Å². The third kappa shape index (κ3) is 3.53. The number of hydrogen-bond acceptors (Lipinski definition) is 4. The first-order valence-electron chi connectivity index (χ1n) is 8.80. The van der Waals surface area contributed by atoms with E-state index in [2.05, 4.69) is 15.4 Å². The van der Waals surface area contributed by atoms with Crippen molar-refractivity contribution in [1.29, 1.82) is 0 Å². The number of para-hydroxylation sites is 1. The van der Waals surface area contributed by atoms with E-state index in [-0.39, 0.29) is 11.7 Å². The highest BCUT2D eigenvalue weighted by atomic mass is 32.1. The van der Waals surface area contributed by atoms with Crippen molar-refractivity contribution in [3.05, 3.63) is 58.6 Å². The van der Waals surface area contributed by atoms with Gasteiger partial charge in [-0.05, 0) is 37.8 Å². The smallest absolute Gasteiger partial charge is 0.260 e. The number of benzene rings is 1. The first-order chi connectivity index (χ1) is 12.7. The lowest BCUT2D eigenvalue weighted by Gasteiger charge is -2.06. The highest BCUT2D eigenvalue weighted by Gasteiger charge is 2.17. The van der Waals surface area contributed by atoms with Crippen molar-refractivity contribution in [3.8, 4) is 5.69 Å². The second kappa shape index (κ2) is 7.37. The molecule has 134 valence electrons. The maximum Gasteiger partial charge on any atom is 0.260 e. The summed E-state index contributed by atoms with van der Waals surface area (Å²) >= 11 is 1.56. The van der Waals surface area contributed by atoms with E-state index in [0.29, 0.717) is 16.4 Å². The van der Waals surface area contributed by atoms with Crippen molar-refractivity contribution in [2.75, 3.05) is 5.32 Å². The van der Waals surface area contributed by atoms with Gasteiger partial charge >= 0.3 is 0 Å². The first kappa shape index (κ1) is 16.9. The van der Waals surface area contributed by atoms with E-state index in [1.54, 1.807) is 29.5 Å². The zero-order valence-electron chi connectivity index (χ0n) is 14.2. The SMILES string of the molecule is O=C(Nc1nc2c(s1)CCCCCC2)c1cnn(-c2ccccc2F)c1. The largest absolute Gasteiger partial charge is 0.298 e. The van der Waals surface area contributed by atoms with Crippen molar-refractivity contribution in [2.24, 2.45) is 0 Å². The van der Waals surface area contributed by atoms with E-state index < -0.39 is 0 Å². The minimum absolute atomic E-state index is 0.283. The third-order valence-corrected chi connectivity index (χ3v) is 5.58. The molecule has 0 bridgehead atoms. The quantitative estimate of drug-likeness (QED) is 0.744. The molecule has 4 rings (SSSR count). The summed E-state index contributed by atoms with van der Waals surface area (Å²) in [6.45, 7) is 0. The Labute approximate surface area is 154 Å². The summed E-state index contributed by atoms with van der Waals surface area (Å²) < 4.78 is 15.2. The molecule has 2 heterocycles. The maximum atomic E-state index is 13.9. The van der Waals surface area contributed by atoms with Crippen LogP contribution < -0.4 is 5.32 Å². The molecule has 1 aliphatic rings. The number of hydrogen-bond donors (Lipinski definition) is 1. The van der Waals surface area contributed by atoms with Crippen LogP contribution in [0.4, 0.5) is 9.52 Å². The first-order valence-corrected chi connectivity index (χ1v) is 9.62. The lowest BCUT2D eigenvalue weighted by Crippen LogP contribution is -2.11. The molecule has 1 aliphatic carbocycles. The van der Waals surface area contributed by atoms with Crippen LogP contribution in [0.1, 0.15) is 46.6 Å². The molecular formula is C19H19FN4OS. The van der Waals surface area contributed by atoms with Crippen LogP contribution in [0.3, 0.4) is 0 Å². The second-order valence-corrected chi connectivity index (χ2v) is 7.47. The normalized spacial score (nSPS) is 14.3. The van der Waals surface area contributed by atoms with Gasteiger partial charge in [-0.15, -0.1) is 11.3 Å². The Balaban J connectivity index is 1.51. The summed E-state index contributed by atoms with van der Waals surface area (Å²) in [7, 11) is 0. The number of aryl methyl sites for hydroxylation is 2. The zero-order valence-corrected chi connectivity index (χ0v) is 15.1. The van der Waals surface area contributed by atoms with Gasteiger partial charge in [0.25, 0.3) is 5.91 Å². The number of thiazole rings is 1. The molecule has 26 heavy (non-hydrogen) atoms. The average Bonchev–Trinajstić information content (AvgIpc) is 3.23. The highest BCUT2D eigenvalue weighted by Crippen LogP contribution is 2.28. The molecule has 1 aromatic carbocycles. The standard InChI is InChI=1S/C19H19FN4OS/c20-14-7-5-6-9-16(14)24-12-13(11-21-24)18(25)23-19-22-15-8-3-1-2-4-10-17(15)26-19/h5-7,9,11-12H,1-4,8,10H2,(H,22,23,25). The zero-order chi connectivity index (χ0) is 17.9. The molecule has 5 nitrogen and oxygen atoms in total. The molecule has 0 aliphatic heterocycles. The number of aromatic nitrogens is 3. The molecule has 0 fully saturated rings. The lowest BCUT2D eigenvalue weighted by molar-refractivity contribution is 0.102. The van der Waals surface area contributed by atoms with Crippen LogP contribution in [0.5, 0.6) is 0 Å². The van der Waals surface area contributed by atoms with Gasteiger partial charge in [-0.1, -0.05) is 25.0 Å². The van der Waals surface area contributed by atoms with Gasteiger partial charge < -0.3 is 0 Å². The molecular weight excluding hydrogens is 351 g/mol. The average molecular weight is 370 g/mol. The Kier molecular flexibility index (Phi) is 4.79. The van der Waals surface area contributed by atoms with Gasteiger partial charge in [0.1, 0.15) is 11.5 Å². The Hall–Kier alpha value is -2.54. The highest BCUT2D eigenvalue weighted by molar-refractivity contribution is 7.15. The topological polar surface area (TPSA) is 59.8 Å². The molecule has 0 saturated heterocycles. The van der Waals surface area contributed by atoms with Crippen molar-refractivity contribution in [1.82, 2.24) is 14.8 Å². The summed E-state index contributed by atoms with van der Waals surface area (Å²) in [5.74, 6) is -0.670. The fourth-order valence-corrected chi connectivity index (χ4v) is 4.18. The van der Waals surface area contributed by atoms with Crippen LogP contribution in [-0.2, 0) is 12.8 Å². The Morgan fingerprint density at radius 3 is 2.81 bits per heavy atom. The summed E-state index contributed by atoms with van der Waals surface area (Å²) in [5.41, 5.74) is 1.80. The predicted molar refractivity (Wildman–Crippen MR) is 99.5 cm³/mol. The molecule has 0 radical (unpaired) electrons. The van der Waals surface area contributed by atoms with Gasteiger partial charge in [0.15, 0.2) is 5.13 Å². The number of nitrogens with one attached hydrogen (secondary N) is 1. The van der Waals surface area contributed by atoms with Crippen LogP contribution in [0.15, 0.2) is 36.7 Å². The summed E-state index contributed by atoms with van der Waals surface area (Å²) in [6.07, 6.45) is 9.81. The molecule has 0 atom stereocenters. The molecule has 0 spiro atoms. The number of nitrogens with zero attached hydrogens (tertiary/aromatic N) is 3. The van der Waals surface area contributed by atoms with Crippen LogP contribution in [0.25, 0.3) is 5.69 Å². The van der Waals surface area contributed by atoms with Crippen LogP contribution >= 0.6 is 11.3 Å². The maximum absolute atomic E-state index is 13.9. The molecule has 1 amide bonds. The molecule has 7 heteroatoms. The van der Waals surface area contributed by atoms with Crippen LogP contribution in [0.2, 0.25) is 0 Å². The van der Waals surface area contributed by atoms with E-state index in [9.17, 15) is 9.18 Å². The van der Waals surface area contributed by atoms with Gasteiger partial charge in [-0.2, -0.15) is 5.10 Å². The van der Waals surface area contributed by atoms with Gasteiger partial charge in [0.05, 0.1) is 17.5 Å². The Bertz CT molecular complexity index is 908. The van der Waals surface area contributed by atoms with Crippen molar-refractivity contribution in [3.63, 3.8) is 0 Å². The number of halogens is 1. The molecule has 2 aromatic heterocycles. The number of fused-ring (bicyclic) bond motifs is 1. The predicted octanol–water partition coefficient (Wildman–Crippen LogP) is 4.38. The fraction of sp³-hybridized carbons (Fsp3) is 0.316. The number of anilines is 1. The van der Waals surface area contributed by atoms with Gasteiger partial charge in [0, 0.05) is 11.1 Å². The molecule has 3 aromatic rings. The number of carbonyl (C=O) groups excluding carboxylic acids is 1. The minimum Gasteiger partial charge on any atom is -0.298 e. The lowest BCUT2D eigenvalue weighted by atomic mass is 10.0. The van der Waals surface area contributed by atoms with Gasteiger partial charge in [0.2, 0.25) is 0 Å². The molecule has 1 N–H and O–H groups in total. The van der Waals surface area contributed by atoms with Crippen molar-refractivity contribution < 1.29 is 9.18 Å². The summed E-state index contributed by atoms with van der Waals surface area (Å²) in [5, 5.41) is 7.58. The minimum atomic E-state index is -0.387. The van der Waals surface area contributed by atoms with Crippen LogP contribution in [0, 0.1) is 5.82 Å². The Morgan fingerprint density at radius 2 is 1.96 bits per heavy atom. The fourth-order valence-electron chi connectivity index (χ4n) is 3.14. The van der Waals surface area contributed by atoms with Gasteiger partial charge in [-0.25, -0.2) is 14.1 Å². The number of rotatable bonds is 3. The summed E-state index contributed by atoms with van der Waals surface area (Å²) in [6, 6.07) is 6.32. The van der Waals surface area contributed by atoms with E-state index in [1.807, 2.05) is 0 Å². The van der Waals surface area contributed by atoms with E-state index >= 15 is 0 Å². The van der Waals surface area contributed by atoms with E-state index in [0.717, 1.165) is 25.0 Å². The summed E-state index contributed by atoms with van der Waals surface area (Å²) in [4.78, 5) is 18.4. The van der Waals surface area contributed by atoms with E-state index in [1.165, 1.54) is 47.3 Å². The third-order valence-electron chi connectivity index (χ3n) is 4.51. The second-order valence-electron chi connectivity index (χ2n) is 6.38. The molecule has 0 saturated carbocycles. The number of amides is 1. The monoisotopic (exact) mass is 370 g/mol. The Morgan fingerprint density at radius 1 is 1.15 bits per heavy atom.